The number of unbranched alkanes of at least 4 members (excludes halogenated alkanes) is 1. The standard InChI is InChI=1S/C52H69N13O9/c1-3-4-15-38(59-30(2)66)45(69)63-42-28-43(67)56-23-10-9-17-37(44(53)68)60-48(72)41(27-34-29-58-36-16-8-7-14-35(34)36)62-46(70)39(18-11-24-57-51(54)55)61-47(71)40(64-50(74)52(21-22-52)65-49(42)73)26-31-19-20-32-12-5-6-13-33(32)25-31/h5-8,12-14,16,19-20,25,29,37-42,58H,3-4,9-11,15,17-18,21-24,26-28H2,1-2H3,(H2,53,68)(H,56,67)(H,59,66)(H,60,72)(H,61,71)(H,62,70)(H,63,69)(H,64,74)(H,65,73)(H4,54,55,57)/t37-,38+,39+,40-,41-,42+/m0/s1. The number of nitrogens with one attached hydrogen (secondary N) is 9. The van der Waals surface area contributed by atoms with Crippen LogP contribution in [-0.2, 0) is 56.0 Å². The van der Waals surface area contributed by atoms with E-state index in [4.69, 9.17) is 17.2 Å². The number of aliphatic imine (C=N–C) groups is 1. The average molecular weight is 1020 g/mol. The lowest BCUT2D eigenvalue weighted by Gasteiger charge is -2.28. The van der Waals surface area contributed by atoms with Gasteiger partial charge in [-0.05, 0) is 79.3 Å². The van der Waals surface area contributed by atoms with Gasteiger partial charge in [0.1, 0.15) is 41.8 Å². The predicted octanol–water partition coefficient (Wildman–Crippen LogP) is 0.103. The van der Waals surface area contributed by atoms with E-state index >= 15 is 0 Å². The average Bonchev–Trinajstić information content (AvgIpc) is 4.04. The molecule has 0 unspecified atom stereocenters. The second kappa shape index (κ2) is 26.1. The maximum Gasteiger partial charge on any atom is 0.246 e. The van der Waals surface area contributed by atoms with Gasteiger partial charge in [0.05, 0.1) is 6.42 Å². The third-order valence-corrected chi connectivity index (χ3v) is 13.2. The van der Waals surface area contributed by atoms with E-state index in [1.165, 1.54) is 6.92 Å². The van der Waals surface area contributed by atoms with E-state index < -0.39 is 101 Å². The quantitative estimate of drug-likeness (QED) is 0.0431. The fourth-order valence-electron chi connectivity index (χ4n) is 8.93. The van der Waals surface area contributed by atoms with Crippen LogP contribution in [-0.4, -0.2) is 119 Å². The van der Waals surface area contributed by atoms with Gasteiger partial charge in [0.25, 0.3) is 0 Å². The molecule has 3 aromatic carbocycles. The van der Waals surface area contributed by atoms with Crippen molar-refractivity contribution in [2.45, 2.75) is 139 Å². The zero-order valence-electron chi connectivity index (χ0n) is 41.9. The number of benzene rings is 3. The molecule has 2 fully saturated rings. The van der Waals surface area contributed by atoms with Gasteiger partial charge in [-0.15, -0.1) is 0 Å². The van der Waals surface area contributed by atoms with Crippen molar-refractivity contribution >= 4 is 80.8 Å². The van der Waals surface area contributed by atoms with Gasteiger partial charge in [0, 0.05) is 50.0 Å². The largest absolute Gasteiger partial charge is 0.370 e. The van der Waals surface area contributed by atoms with E-state index in [-0.39, 0.29) is 76.8 Å². The highest BCUT2D eigenvalue weighted by Crippen LogP contribution is 2.36. The van der Waals surface area contributed by atoms with E-state index in [9.17, 15) is 43.2 Å². The lowest BCUT2D eigenvalue weighted by Crippen LogP contribution is -2.61. The minimum Gasteiger partial charge on any atom is -0.370 e. The third kappa shape index (κ3) is 15.7. The van der Waals surface area contributed by atoms with Crippen LogP contribution < -0.4 is 59.7 Å². The summed E-state index contributed by atoms with van der Waals surface area (Å²) < 4.78 is 0. The molecule has 74 heavy (non-hydrogen) atoms. The molecule has 4 aromatic rings. The van der Waals surface area contributed by atoms with Gasteiger partial charge in [-0.1, -0.05) is 80.4 Å². The van der Waals surface area contributed by atoms with Crippen molar-refractivity contribution in [1.82, 2.24) is 47.5 Å². The lowest BCUT2D eigenvalue weighted by atomic mass is 9.99. The fourth-order valence-corrected chi connectivity index (χ4v) is 8.93. The molecule has 396 valence electrons. The number of nitrogens with two attached hydrogens (primary N) is 3. The molecule has 2 heterocycles. The summed E-state index contributed by atoms with van der Waals surface area (Å²) in [6.07, 6.45) is 3.67. The zero-order valence-corrected chi connectivity index (χ0v) is 41.9. The van der Waals surface area contributed by atoms with Crippen LogP contribution in [0.1, 0.15) is 95.6 Å². The molecule has 6 atom stereocenters. The Bertz CT molecular complexity index is 2730. The van der Waals surface area contributed by atoms with Crippen LogP contribution in [0.15, 0.2) is 77.9 Å². The Morgan fingerprint density at radius 1 is 0.784 bits per heavy atom. The minimum absolute atomic E-state index is 0.0303. The highest BCUT2D eigenvalue weighted by Gasteiger charge is 2.53. The number of aromatic amines is 1. The first kappa shape index (κ1) is 55.3. The Hall–Kier alpha value is -8.04. The van der Waals surface area contributed by atoms with Crippen molar-refractivity contribution in [2.24, 2.45) is 22.2 Å². The van der Waals surface area contributed by atoms with Crippen LogP contribution in [0.3, 0.4) is 0 Å². The van der Waals surface area contributed by atoms with E-state index in [1.807, 2.05) is 67.6 Å². The van der Waals surface area contributed by atoms with Crippen molar-refractivity contribution < 1.29 is 43.2 Å². The number of nitrogens with zero attached hydrogens (tertiary/aromatic N) is 1. The summed E-state index contributed by atoms with van der Waals surface area (Å²) >= 11 is 0. The molecule has 1 aliphatic carbocycles. The van der Waals surface area contributed by atoms with Crippen LogP contribution in [0.25, 0.3) is 21.7 Å². The molecule has 1 saturated heterocycles. The summed E-state index contributed by atoms with van der Waals surface area (Å²) in [6.45, 7) is 3.32. The molecule has 0 radical (unpaired) electrons. The van der Waals surface area contributed by atoms with Crippen molar-refractivity contribution in [3.63, 3.8) is 0 Å². The van der Waals surface area contributed by atoms with Crippen molar-refractivity contribution in [1.29, 1.82) is 0 Å². The first-order valence-corrected chi connectivity index (χ1v) is 25.2. The Morgan fingerprint density at radius 2 is 1.47 bits per heavy atom. The van der Waals surface area contributed by atoms with E-state index in [2.05, 4.69) is 52.5 Å². The number of carbonyl (C=O) groups is 9. The number of carbonyl (C=O) groups excluding carboxylic acids is 9. The molecule has 1 saturated carbocycles. The predicted molar refractivity (Wildman–Crippen MR) is 277 cm³/mol. The molecule has 0 bridgehead atoms. The fraction of sp³-hybridized carbons (Fsp3) is 0.462. The van der Waals surface area contributed by atoms with Crippen LogP contribution >= 0.6 is 0 Å². The molecule has 22 heteroatoms. The van der Waals surface area contributed by atoms with Gasteiger partial charge in [0.2, 0.25) is 53.2 Å². The topological polar surface area (TPSA) is 356 Å². The Labute approximate surface area is 428 Å². The Morgan fingerprint density at radius 3 is 2.19 bits per heavy atom. The monoisotopic (exact) mass is 1020 g/mol. The van der Waals surface area contributed by atoms with Crippen LogP contribution in [0.5, 0.6) is 0 Å². The van der Waals surface area contributed by atoms with Gasteiger partial charge in [-0.25, -0.2) is 0 Å². The first-order chi connectivity index (χ1) is 35.4. The van der Waals surface area contributed by atoms with Gasteiger partial charge >= 0.3 is 0 Å². The van der Waals surface area contributed by atoms with E-state index in [1.54, 1.807) is 12.3 Å². The second-order valence-electron chi connectivity index (χ2n) is 19.1. The second-order valence-corrected chi connectivity index (χ2v) is 19.1. The van der Waals surface area contributed by atoms with Crippen molar-refractivity contribution in [3.8, 4) is 0 Å². The summed E-state index contributed by atoms with van der Waals surface area (Å²) in [5.41, 5.74) is 17.5. The SMILES string of the molecule is CCCC[C@@H](NC(C)=O)C(=O)N[C@@H]1CC(=O)NCCCC[C@@H](C(N)=O)NC(=O)[C@H](Cc2c[nH]c3ccccc23)NC(=O)[C@@H](CCCN=C(N)N)NC(=O)[C@H](Cc2ccc3ccccc3c2)NC(=O)C2(CC2)NC1=O. The highest BCUT2D eigenvalue weighted by atomic mass is 16.2. The lowest BCUT2D eigenvalue weighted by molar-refractivity contribution is -0.137. The molecule has 22 nitrogen and oxygen atoms in total. The summed E-state index contributed by atoms with van der Waals surface area (Å²) in [5.74, 6) is -6.70. The molecule has 1 aromatic heterocycles. The number of hydrogen-bond acceptors (Lipinski definition) is 10. The maximum absolute atomic E-state index is 14.8. The highest BCUT2D eigenvalue weighted by molar-refractivity contribution is 6.01. The molecule has 1 spiro atoms. The molecular formula is C52H69N13O9. The number of guanidine groups is 1. The van der Waals surface area contributed by atoms with Gasteiger partial charge in [-0.2, -0.15) is 0 Å². The Kier molecular flexibility index (Phi) is 19.5. The van der Waals surface area contributed by atoms with E-state index in [0.717, 1.165) is 21.7 Å². The molecule has 9 amide bonds. The van der Waals surface area contributed by atoms with Crippen molar-refractivity contribution in [2.75, 3.05) is 13.1 Å². The Balaban J connectivity index is 1.36. The molecule has 6 rings (SSSR count). The zero-order chi connectivity index (χ0) is 53.4. The number of para-hydroxylation sites is 1. The summed E-state index contributed by atoms with van der Waals surface area (Å²) in [4.78, 5) is 132. The number of rotatable bonds is 15. The summed E-state index contributed by atoms with van der Waals surface area (Å²) in [5, 5.41) is 24.4. The van der Waals surface area contributed by atoms with Gasteiger partial charge < -0.3 is 64.7 Å². The first-order valence-electron chi connectivity index (χ1n) is 25.2. The number of primary amides is 1. The number of H-pyrrole nitrogens is 1. The third-order valence-electron chi connectivity index (χ3n) is 13.2. The molecular weight excluding hydrogens is 951 g/mol. The van der Waals surface area contributed by atoms with Crippen LogP contribution in [0.4, 0.5) is 0 Å². The molecule has 1 aliphatic heterocycles. The number of amides is 9. The number of aromatic nitrogens is 1. The summed E-state index contributed by atoms with van der Waals surface area (Å²) in [7, 11) is 0. The number of fused-ring (bicyclic) bond motifs is 2. The van der Waals surface area contributed by atoms with Crippen molar-refractivity contribution in [3.05, 3.63) is 84.1 Å². The van der Waals surface area contributed by atoms with Crippen LogP contribution in [0, 0.1) is 0 Å². The maximum atomic E-state index is 14.8. The minimum atomic E-state index is -1.55. The van der Waals surface area contributed by atoms with E-state index in [0.29, 0.717) is 30.4 Å². The van der Waals surface area contributed by atoms with Crippen LogP contribution in [0.2, 0.25) is 0 Å². The molecule has 15 N–H and O–H groups in total. The number of hydrogen-bond donors (Lipinski definition) is 12. The summed E-state index contributed by atoms with van der Waals surface area (Å²) in [6, 6.07) is 12.8. The molecule has 2 aliphatic rings. The normalized spacial score (nSPS) is 21.7. The van der Waals surface area contributed by atoms with Gasteiger partial charge in [0.15, 0.2) is 5.96 Å². The van der Waals surface area contributed by atoms with Gasteiger partial charge in [-0.3, -0.25) is 48.1 Å². The smallest absolute Gasteiger partial charge is 0.246 e.